The summed E-state index contributed by atoms with van der Waals surface area (Å²) in [6.45, 7) is 1.78. The Bertz CT molecular complexity index is 652. The third-order valence-electron chi connectivity index (χ3n) is 3.10. The summed E-state index contributed by atoms with van der Waals surface area (Å²) in [5, 5.41) is 4.08. The van der Waals surface area contributed by atoms with Crippen molar-refractivity contribution < 1.29 is 14.3 Å². The van der Waals surface area contributed by atoms with Crippen LogP contribution >= 0.6 is 0 Å². The van der Waals surface area contributed by atoms with Crippen LogP contribution in [0.2, 0.25) is 0 Å². The second-order valence-corrected chi connectivity index (χ2v) is 5.01. The van der Waals surface area contributed by atoms with Crippen LogP contribution in [-0.2, 0) is 11.2 Å². The normalized spacial score (nSPS) is 11.0. The largest absolute Gasteiger partial charge is 0.497 e. The molecule has 0 aliphatic carbocycles. The Balaban J connectivity index is 1.76. The number of rotatable bonds is 7. The van der Waals surface area contributed by atoms with Gasteiger partial charge in [0.2, 0.25) is 0 Å². The van der Waals surface area contributed by atoms with Gasteiger partial charge in [-0.25, -0.2) is 5.43 Å². The molecule has 0 aromatic heterocycles. The minimum absolute atomic E-state index is 0.0888. The van der Waals surface area contributed by atoms with E-state index in [1.807, 2.05) is 37.3 Å². The first kappa shape index (κ1) is 16.5. The maximum atomic E-state index is 11.7. The highest BCUT2D eigenvalue weighted by Crippen LogP contribution is 2.16. The van der Waals surface area contributed by atoms with E-state index in [0.717, 1.165) is 17.0 Å². The van der Waals surface area contributed by atoms with Crippen molar-refractivity contribution >= 4 is 11.6 Å². The van der Waals surface area contributed by atoms with Crippen molar-refractivity contribution in [2.75, 3.05) is 13.7 Å². The molecule has 2 aromatic carbocycles. The van der Waals surface area contributed by atoms with Gasteiger partial charge in [0.1, 0.15) is 11.5 Å². The number of nitrogens with one attached hydrogen (secondary N) is 1. The zero-order valence-electron chi connectivity index (χ0n) is 13.3. The number of carbonyl (C=O) groups is 1. The van der Waals surface area contributed by atoms with Crippen molar-refractivity contribution in [1.82, 2.24) is 5.43 Å². The number of nitrogens with zero attached hydrogens (tertiary/aromatic N) is 1. The zero-order valence-corrected chi connectivity index (χ0v) is 13.3. The highest BCUT2D eigenvalue weighted by Gasteiger charge is 2.03. The van der Waals surface area contributed by atoms with E-state index in [-0.39, 0.29) is 12.5 Å². The van der Waals surface area contributed by atoms with E-state index in [4.69, 9.17) is 9.47 Å². The number of hydrazone groups is 1. The molecule has 0 aliphatic heterocycles. The fourth-order valence-corrected chi connectivity index (χ4v) is 1.94. The second kappa shape index (κ2) is 8.58. The van der Waals surface area contributed by atoms with E-state index in [2.05, 4.69) is 10.5 Å². The highest BCUT2D eigenvalue weighted by atomic mass is 16.5. The smallest absolute Gasteiger partial charge is 0.277 e. The summed E-state index contributed by atoms with van der Waals surface area (Å²) in [6.07, 6.45) is 0.695. The number of carbonyl (C=O) groups excluding carboxylic acids is 1. The first-order chi connectivity index (χ1) is 11.2. The number of hydrogen-bond acceptors (Lipinski definition) is 4. The molecule has 120 valence electrons. The molecule has 0 fully saturated rings. The van der Waals surface area contributed by atoms with Crippen LogP contribution in [0.15, 0.2) is 59.7 Å². The Kier molecular flexibility index (Phi) is 6.17. The molecular weight excluding hydrogens is 292 g/mol. The van der Waals surface area contributed by atoms with Crippen LogP contribution in [0.3, 0.4) is 0 Å². The quantitative estimate of drug-likeness (QED) is 0.632. The summed E-state index contributed by atoms with van der Waals surface area (Å²) >= 11 is 0. The number of amides is 1. The zero-order chi connectivity index (χ0) is 16.5. The molecule has 5 heteroatoms. The topological polar surface area (TPSA) is 59.9 Å². The molecule has 0 unspecified atom stereocenters. The van der Waals surface area contributed by atoms with Crippen LogP contribution in [0, 0.1) is 0 Å². The molecule has 2 aromatic rings. The standard InChI is InChI=1S/C18H20N2O3/c1-14(12-15-6-4-3-5-7-15)19-20-18(21)13-23-17-10-8-16(22-2)9-11-17/h3-11H,12-13H2,1-2H3,(H,20,21)/b19-14+. The maximum absolute atomic E-state index is 11.7. The van der Waals surface area contributed by atoms with Crippen molar-refractivity contribution in [3.05, 3.63) is 60.2 Å². The molecule has 0 aliphatic rings. The van der Waals surface area contributed by atoms with Crippen LogP contribution in [0.4, 0.5) is 0 Å². The van der Waals surface area contributed by atoms with Crippen LogP contribution < -0.4 is 14.9 Å². The van der Waals surface area contributed by atoms with Gasteiger partial charge in [-0.05, 0) is 36.8 Å². The summed E-state index contributed by atoms with van der Waals surface area (Å²) < 4.78 is 10.4. The molecule has 0 bridgehead atoms. The lowest BCUT2D eigenvalue weighted by Gasteiger charge is -2.06. The summed E-state index contributed by atoms with van der Waals surface area (Å²) in [5.74, 6) is 1.04. The van der Waals surface area contributed by atoms with Crippen molar-refractivity contribution in [3.8, 4) is 11.5 Å². The highest BCUT2D eigenvalue weighted by molar-refractivity contribution is 5.86. The number of hydrogen-bond donors (Lipinski definition) is 1. The lowest BCUT2D eigenvalue weighted by molar-refractivity contribution is -0.123. The van der Waals surface area contributed by atoms with Gasteiger partial charge in [0, 0.05) is 12.1 Å². The first-order valence-electron chi connectivity index (χ1n) is 7.30. The summed E-state index contributed by atoms with van der Waals surface area (Å²) in [6, 6.07) is 17.0. The maximum Gasteiger partial charge on any atom is 0.277 e. The third-order valence-corrected chi connectivity index (χ3v) is 3.10. The Morgan fingerprint density at radius 2 is 1.70 bits per heavy atom. The molecule has 0 atom stereocenters. The Morgan fingerprint density at radius 3 is 2.35 bits per heavy atom. The number of benzene rings is 2. The van der Waals surface area contributed by atoms with Crippen molar-refractivity contribution in [2.24, 2.45) is 5.10 Å². The van der Waals surface area contributed by atoms with Gasteiger partial charge in [-0.3, -0.25) is 4.79 Å². The first-order valence-corrected chi connectivity index (χ1v) is 7.30. The van der Waals surface area contributed by atoms with E-state index in [1.165, 1.54) is 0 Å². The minimum Gasteiger partial charge on any atom is -0.497 e. The molecule has 0 radical (unpaired) electrons. The lowest BCUT2D eigenvalue weighted by Crippen LogP contribution is -2.25. The molecule has 0 heterocycles. The predicted octanol–water partition coefficient (Wildman–Crippen LogP) is 2.81. The molecular formula is C18H20N2O3. The van der Waals surface area contributed by atoms with E-state index < -0.39 is 0 Å². The van der Waals surface area contributed by atoms with Crippen molar-refractivity contribution in [2.45, 2.75) is 13.3 Å². The Labute approximate surface area is 135 Å². The fourth-order valence-electron chi connectivity index (χ4n) is 1.94. The Morgan fingerprint density at radius 1 is 1.04 bits per heavy atom. The van der Waals surface area contributed by atoms with Gasteiger partial charge in [-0.15, -0.1) is 0 Å². The van der Waals surface area contributed by atoms with E-state index >= 15 is 0 Å². The van der Waals surface area contributed by atoms with E-state index in [0.29, 0.717) is 12.2 Å². The summed E-state index contributed by atoms with van der Waals surface area (Å²) in [7, 11) is 1.60. The number of ether oxygens (including phenoxy) is 2. The molecule has 2 rings (SSSR count). The predicted molar refractivity (Wildman–Crippen MR) is 89.9 cm³/mol. The fraction of sp³-hybridized carbons (Fsp3) is 0.222. The van der Waals surface area contributed by atoms with Crippen LogP contribution in [-0.4, -0.2) is 25.3 Å². The SMILES string of the molecule is COc1ccc(OCC(=O)N/N=C(\C)Cc2ccccc2)cc1. The number of methoxy groups -OCH3 is 1. The second-order valence-electron chi connectivity index (χ2n) is 5.01. The molecule has 5 nitrogen and oxygen atoms in total. The van der Waals surface area contributed by atoms with Crippen LogP contribution in [0.25, 0.3) is 0 Å². The van der Waals surface area contributed by atoms with Gasteiger partial charge < -0.3 is 9.47 Å². The molecule has 23 heavy (non-hydrogen) atoms. The average molecular weight is 312 g/mol. The van der Waals surface area contributed by atoms with Crippen LogP contribution in [0.1, 0.15) is 12.5 Å². The monoisotopic (exact) mass is 312 g/mol. The molecule has 0 saturated heterocycles. The molecule has 1 N–H and O–H groups in total. The lowest BCUT2D eigenvalue weighted by atomic mass is 10.1. The van der Waals surface area contributed by atoms with E-state index in [1.54, 1.807) is 31.4 Å². The van der Waals surface area contributed by atoms with Gasteiger partial charge in [0.15, 0.2) is 6.61 Å². The van der Waals surface area contributed by atoms with Gasteiger partial charge in [-0.2, -0.15) is 5.10 Å². The van der Waals surface area contributed by atoms with E-state index in [9.17, 15) is 4.79 Å². The van der Waals surface area contributed by atoms with Crippen molar-refractivity contribution in [3.63, 3.8) is 0 Å². The van der Waals surface area contributed by atoms with Gasteiger partial charge >= 0.3 is 0 Å². The van der Waals surface area contributed by atoms with Gasteiger partial charge in [-0.1, -0.05) is 30.3 Å². The minimum atomic E-state index is -0.298. The van der Waals surface area contributed by atoms with Gasteiger partial charge in [0.05, 0.1) is 7.11 Å². The third kappa shape index (κ3) is 5.82. The molecule has 1 amide bonds. The molecule has 0 spiro atoms. The van der Waals surface area contributed by atoms with Gasteiger partial charge in [0.25, 0.3) is 5.91 Å². The molecule has 0 saturated carbocycles. The Hall–Kier alpha value is -2.82. The summed E-state index contributed by atoms with van der Waals surface area (Å²) in [5.41, 5.74) is 4.47. The van der Waals surface area contributed by atoms with Crippen molar-refractivity contribution in [1.29, 1.82) is 0 Å². The van der Waals surface area contributed by atoms with Crippen LogP contribution in [0.5, 0.6) is 11.5 Å². The summed E-state index contributed by atoms with van der Waals surface area (Å²) in [4.78, 5) is 11.7. The average Bonchev–Trinajstić information content (AvgIpc) is 2.59.